The largest absolute Gasteiger partial charge is 0.497 e. The summed E-state index contributed by atoms with van der Waals surface area (Å²) in [6.07, 6.45) is 1.02. The number of hydrogen-bond acceptors (Lipinski definition) is 5. The third-order valence-corrected chi connectivity index (χ3v) is 8.69. The van der Waals surface area contributed by atoms with Crippen LogP contribution in [-0.4, -0.2) is 50.9 Å². The molecular formula is C31H38FN3O5S. The number of aryl methyl sites for hydroxylation is 1. The quantitative estimate of drug-likeness (QED) is 0.304. The summed E-state index contributed by atoms with van der Waals surface area (Å²) in [4.78, 5) is 28.8. The van der Waals surface area contributed by atoms with Gasteiger partial charge in [-0.15, -0.1) is 0 Å². The molecule has 0 radical (unpaired) electrons. The zero-order valence-corrected chi connectivity index (χ0v) is 24.9. The first-order chi connectivity index (χ1) is 19.5. The smallest absolute Gasteiger partial charge is 0.264 e. The molecule has 3 aromatic rings. The summed E-state index contributed by atoms with van der Waals surface area (Å²) in [5, 5.41) is 2.95. The van der Waals surface area contributed by atoms with Crippen LogP contribution >= 0.6 is 0 Å². The van der Waals surface area contributed by atoms with Gasteiger partial charge in [-0.2, -0.15) is 0 Å². The zero-order valence-electron chi connectivity index (χ0n) is 24.1. The first-order valence-electron chi connectivity index (χ1n) is 13.6. The van der Waals surface area contributed by atoms with Gasteiger partial charge in [0.2, 0.25) is 11.8 Å². The second-order valence-corrected chi connectivity index (χ2v) is 11.8. The fourth-order valence-corrected chi connectivity index (χ4v) is 5.68. The van der Waals surface area contributed by atoms with Gasteiger partial charge in [0.05, 0.1) is 17.7 Å². The number of nitrogens with zero attached hydrogens (tertiary/aromatic N) is 2. The van der Waals surface area contributed by atoms with E-state index < -0.39 is 34.3 Å². The van der Waals surface area contributed by atoms with Gasteiger partial charge in [0.1, 0.15) is 24.2 Å². The van der Waals surface area contributed by atoms with Crippen LogP contribution in [0.25, 0.3) is 0 Å². The van der Waals surface area contributed by atoms with Crippen LogP contribution in [0.4, 0.5) is 10.1 Å². The van der Waals surface area contributed by atoms with E-state index in [0.29, 0.717) is 18.6 Å². The van der Waals surface area contributed by atoms with Gasteiger partial charge in [0, 0.05) is 12.6 Å². The fourth-order valence-electron chi connectivity index (χ4n) is 4.26. The van der Waals surface area contributed by atoms with Crippen molar-refractivity contribution in [2.75, 3.05) is 18.0 Å². The highest BCUT2D eigenvalue weighted by Gasteiger charge is 2.34. The Morgan fingerprint density at radius 1 is 0.927 bits per heavy atom. The Morgan fingerprint density at radius 2 is 1.54 bits per heavy atom. The minimum atomic E-state index is -4.22. The van der Waals surface area contributed by atoms with Crippen molar-refractivity contribution in [2.24, 2.45) is 0 Å². The lowest BCUT2D eigenvalue weighted by atomic mass is 10.1. The van der Waals surface area contributed by atoms with Crippen molar-refractivity contribution in [1.82, 2.24) is 10.2 Å². The third kappa shape index (κ3) is 8.07. The molecule has 3 rings (SSSR count). The Labute approximate surface area is 242 Å². The number of sulfonamides is 1. The first kappa shape index (κ1) is 31.6. The van der Waals surface area contributed by atoms with E-state index >= 15 is 0 Å². The van der Waals surface area contributed by atoms with Crippen LogP contribution in [0.3, 0.4) is 0 Å². The van der Waals surface area contributed by atoms with Crippen LogP contribution < -0.4 is 14.4 Å². The summed E-state index contributed by atoms with van der Waals surface area (Å²) in [6, 6.07) is 17.3. The van der Waals surface area contributed by atoms with Crippen molar-refractivity contribution in [3.63, 3.8) is 0 Å². The number of rotatable bonds is 13. The van der Waals surface area contributed by atoms with Crippen molar-refractivity contribution < 1.29 is 27.1 Å². The maximum Gasteiger partial charge on any atom is 0.264 e. The van der Waals surface area contributed by atoms with E-state index in [9.17, 15) is 22.4 Å². The standard InChI is InChI=1S/C31H38FN3O5S/c1-6-23(4)33-31(37)29(7-2)34(20-24-10-16-27(40-5)17-11-24)30(36)21-35(26-14-12-25(32)13-15-26)41(38,39)28-18-8-22(3)9-19-28/h8-19,23,29H,6-7,20-21H2,1-5H3,(H,33,37)/t23-,29-/m1/s1. The normalized spacial score (nSPS) is 12.7. The van der Waals surface area contributed by atoms with E-state index in [1.165, 1.54) is 29.2 Å². The fraction of sp³-hybridized carbons (Fsp3) is 0.355. The summed E-state index contributed by atoms with van der Waals surface area (Å²) in [6.45, 7) is 6.94. The predicted molar refractivity (Wildman–Crippen MR) is 158 cm³/mol. The summed E-state index contributed by atoms with van der Waals surface area (Å²) < 4.78 is 47.7. The summed E-state index contributed by atoms with van der Waals surface area (Å²) >= 11 is 0. The van der Waals surface area contributed by atoms with Gasteiger partial charge in [0.15, 0.2) is 0 Å². The average molecular weight is 584 g/mol. The molecule has 3 aromatic carbocycles. The molecule has 41 heavy (non-hydrogen) atoms. The van der Waals surface area contributed by atoms with Gasteiger partial charge in [0.25, 0.3) is 10.0 Å². The Kier molecular flexibility index (Phi) is 10.9. The van der Waals surface area contributed by atoms with Crippen molar-refractivity contribution >= 4 is 27.5 Å². The molecule has 0 aromatic heterocycles. The van der Waals surface area contributed by atoms with Crippen LogP contribution in [-0.2, 0) is 26.2 Å². The van der Waals surface area contributed by atoms with E-state index in [2.05, 4.69) is 5.32 Å². The monoisotopic (exact) mass is 583 g/mol. The first-order valence-corrected chi connectivity index (χ1v) is 15.0. The highest BCUT2D eigenvalue weighted by atomic mass is 32.2. The summed E-state index contributed by atoms with van der Waals surface area (Å²) in [5.41, 5.74) is 1.74. The lowest BCUT2D eigenvalue weighted by Gasteiger charge is -2.33. The second-order valence-electron chi connectivity index (χ2n) is 9.91. The Morgan fingerprint density at radius 3 is 2.07 bits per heavy atom. The second kappa shape index (κ2) is 14.1. The van der Waals surface area contributed by atoms with Gasteiger partial charge < -0.3 is 15.0 Å². The molecule has 0 aliphatic carbocycles. The Bertz CT molecular complexity index is 1410. The molecule has 10 heteroatoms. The minimum Gasteiger partial charge on any atom is -0.497 e. The molecular weight excluding hydrogens is 545 g/mol. The number of nitrogens with one attached hydrogen (secondary N) is 1. The van der Waals surface area contributed by atoms with Crippen LogP contribution in [0.2, 0.25) is 0 Å². The molecule has 0 heterocycles. The summed E-state index contributed by atoms with van der Waals surface area (Å²) in [7, 11) is -2.67. The van der Waals surface area contributed by atoms with Gasteiger partial charge in [-0.05, 0) is 80.8 Å². The maximum atomic E-state index is 14.1. The van der Waals surface area contributed by atoms with E-state index in [4.69, 9.17) is 4.74 Å². The lowest BCUT2D eigenvalue weighted by Crippen LogP contribution is -2.53. The molecule has 0 bridgehead atoms. The predicted octanol–water partition coefficient (Wildman–Crippen LogP) is 5.06. The number of carbonyl (C=O) groups excluding carboxylic acids is 2. The maximum absolute atomic E-state index is 14.1. The van der Waals surface area contributed by atoms with Gasteiger partial charge in [-0.1, -0.05) is 43.7 Å². The van der Waals surface area contributed by atoms with Crippen molar-refractivity contribution in [2.45, 2.75) is 64.1 Å². The highest BCUT2D eigenvalue weighted by Crippen LogP contribution is 2.26. The van der Waals surface area contributed by atoms with Crippen LogP contribution in [0, 0.1) is 12.7 Å². The minimum absolute atomic E-state index is 0.0107. The molecule has 2 atom stereocenters. The van der Waals surface area contributed by atoms with E-state index in [1.54, 1.807) is 50.4 Å². The van der Waals surface area contributed by atoms with Crippen LogP contribution in [0.15, 0.2) is 77.7 Å². The number of halogens is 1. The average Bonchev–Trinajstić information content (AvgIpc) is 2.96. The van der Waals surface area contributed by atoms with Crippen molar-refractivity contribution in [1.29, 1.82) is 0 Å². The van der Waals surface area contributed by atoms with E-state index in [1.807, 2.05) is 20.8 Å². The van der Waals surface area contributed by atoms with E-state index in [0.717, 1.165) is 27.6 Å². The molecule has 0 spiro atoms. The Hall–Kier alpha value is -3.92. The summed E-state index contributed by atoms with van der Waals surface area (Å²) in [5.74, 6) is -0.799. The molecule has 0 saturated heterocycles. The highest BCUT2D eigenvalue weighted by molar-refractivity contribution is 7.92. The third-order valence-electron chi connectivity index (χ3n) is 6.90. The molecule has 0 aliphatic heterocycles. The molecule has 2 amide bonds. The van der Waals surface area contributed by atoms with Gasteiger partial charge in [-0.3, -0.25) is 13.9 Å². The van der Waals surface area contributed by atoms with Crippen molar-refractivity contribution in [3.8, 4) is 5.75 Å². The van der Waals surface area contributed by atoms with Gasteiger partial charge in [-0.25, -0.2) is 12.8 Å². The van der Waals surface area contributed by atoms with E-state index in [-0.39, 0.29) is 29.1 Å². The number of carbonyl (C=O) groups is 2. The SMILES string of the molecule is CC[C@@H](C)NC(=O)[C@@H](CC)N(Cc1ccc(OC)cc1)C(=O)CN(c1ccc(F)cc1)S(=O)(=O)c1ccc(C)cc1. The number of benzene rings is 3. The number of methoxy groups -OCH3 is 1. The molecule has 8 nitrogen and oxygen atoms in total. The van der Waals surface area contributed by atoms with Gasteiger partial charge >= 0.3 is 0 Å². The number of anilines is 1. The van der Waals surface area contributed by atoms with Crippen molar-refractivity contribution in [3.05, 3.63) is 89.7 Å². The van der Waals surface area contributed by atoms with Crippen LogP contribution in [0.1, 0.15) is 44.7 Å². The number of amides is 2. The number of ether oxygens (including phenoxy) is 1. The molecule has 0 aliphatic rings. The topological polar surface area (TPSA) is 96.0 Å². The molecule has 0 fully saturated rings. The zero-order chi connectivity index (χ0) is 30.2. The molecule has 1 N–H and O–H groups in total. The number of hydrogen-bond donors (Lipinski definition) is 1. The van der Waals surface area contributed by atoms with Crippen LogP contribution in [0.5, 0.6) is 5.75 Å². The lowest BCUT2D eigenvalue weighted by molar-refractivity contribution is -0.140. The molecule has 0 unspecified atom stereocenters. The molecule has 0 saturated carbocycles. The Balaban J connectivity index is 2.05. The molecule has 220 valence electrons.